The topological polar surface area (TPSA) is 48.0 Å². The van der Waals surface area contributed by atoms with E-state index in [4.69, 9.17) is 14.0 Å². The molecule has 5 nitrogen and oxygen atoms in total. The fourth-order valence-corrected chi connectivity index (χ4v) is 2.93. The minimum absolute atomic E-state index is 0.0129. The molecule has 0 radical (unpaired) electrons. The lowest BCUT2D eigenvalue weighted by atomic mass is 9.74. The summed E-state index contributed by atoms with van der Waals surface area (Å²) in [6.07, 6.45) is 2.13. The molecule has 3 rings (SSSR count). The molecule has 0 spiro atoms. The average Bonchev–Trinajstić information content (AvgIpc) is 3.33. The van der Waals surface area contributed by atoms with E-state index in [-0.39, 0.29) is 5.91 Å². The number of nitrogens with zero attached hydrogens (tertiary/aromatic N) is 1. The number of carbonyl (C=O) groups excluding carboxylic acids is 1. The number of rotatable bonds is 4. The van der Waals surface area contributed by atoms with E-state index in [1.807, 2.05) is 57.8 Å². The molecule has 1 heterocycles. The number of hydrogen-bond donors (Lipinski definition) is 0. The number of hydrogen-bond acceptors (Lipinski definition) is 4. The molecular weight excluding hydrogens is 305 g/mol. The van der Waals surface area contributed by atoms with Crippen LogP contribution in [-0.2, 0) is 9.31 Å². The van der Waals surface area contributed by atoms with Crippen molar-refractivity contribution in [2.75, 3.05) is 14.2 Å². The predicted octanol–water partition coefficient (Wildman–Crippen LogP) is 2.23. The molecular formula is C18H26BNO4. The Kier molecular flexibility index (Phi) is 4.17. The van der Waals surface area contributed by atoms with Crippen LogP contribution < -0.4 is 10.2 Å². The minimum Gasteiger partial charge on any atom is -0.497 e. The molecule has 1 aromatic rings. The summed E-state index contributed by atoms with van der Waals surface area (Å²) in [4.78, 5) is 14.8. The van der Waals surface area contributed by atoms with Gasteiger partial charge in [-0.05, 0) is 52.7 Å². The summed E-state index contributed by atoms with van der Waals surface area (Å²) in [6.45, 7) is 8.00. The smallest absolute Gasteiger partial charge is 0.497 e. The quantitative estimate of drug-likeness (QED) is 0.794. The number of amides is 1. The third kappa shape index (κ3) is 2.82. The van der Waals surface area contributed by atoms with Gasteiger partial charge in [-0.25, -0.2) is 0 Å². The summed E-state index contributed by atoms with van der Waals surface area (Å²) in [7, 11) is 2.83. The Morgan fingerprint density at radius 1 is 1.21 bits per heavy atom. The van der Waals surface area contributed by atoms with Gasteiger partial charge in [-0.1, -0.05) is 6.07 Å². The molecule has 1 aromatic carbocycles. The van der Waals surface area contributed by atoms with Gasteiger partial charge in [-0.15, -0.1) is 0 Å². The first kappa shape index (κ1) is 17.3. The molecule has 1 saturated carbocycles. The zero-order chi connectivity index (χ0) is 17.7. The highest BCUT2D eigenvalue weighted by atomic mass is 16.7. The van der Waals surface area contributed by atoms with Gasteiger partial charge in [0.15, 0.2) is 0 Å². The maximum Gasteiger partial charge on any atom is 0.499 e. The molecule has 0 bridgehead atoms. The van der Waals surface area contributed by atoms with Crippen LogP contribution in [0, 0.1) is 0 Å². The number of methoxy groups -OCH3 is 1. The molecule has 1 saturated heterocycles. The Bertz CT molecular complexity index is 638. The van der Waals surface area contributed by atoms with Gasteiger partial charge >= 0.3 is 7.12 Å². The van der Waals surface area contributed by atoms with E-state index in [1.165, 1.54) is 0 Å². The second-order valence-corrected chi connectivity index (χ2v) is 7.66. The predicted molar refractivity (Wildman–Crippen MR) is 93.8 cm³/mol. The monoisotopic (exact) mass is 331 g/mol. The van der Waals surface area contributed by atoms with Crippen LogP contribution in [0.3, 0.4) is 0 Å². The summed E-state index contributed by atoms with van der Waals surface area (Å²) in [5, 5.41) is 0. The molecule has 1 aliphatic heterocycles. The van der Waals surface area contributed by atoms with Crippen LogP contribution in [0.25, 0.3) is 0 Å². The van der Waals surface area contributed by atoms with Gasteiger partial charge < -0.3 is 18.9 Å². The van der Waals surface area contributed by atoms with Crippen molar-refractivity contribution >= 4 is 18.5 Å². The third-order valence-corrected chi connectivity index (χ3v) is 5.42. The Morgan fingerprint density at radius 3 is 2.29 bits per heavy atom. The molecule has 6 heteroatoms. The van der Waals surface area contributed by atoms with Gasteiger partial charge in [0.2, 0.25) is 0 Å². The Morgan fingerprint density at radius 2 is 1.79 bits per heavy atom. The molecule has 0 N–H and O–H groups in total. The van der Waals surface area contributed by atoms with Crippen molar-refractivity contribution in [2.24, 2.45) is 0 Å². The van der Waals surface area contributed by atoms with Crippen molar-refractivity contribution in [1.29, 1.82) is 0 Å². The van der Waals surface area contributed by atoms with Crippen LogP contribution in [-0.4, -0.2) is 49.3 Å². The van der Waals surface area contributed by atoms with Gasteiger partial charge in [0.1, 0.15) is 5.75 Å². The Hall–Kier alpha value is -1.53. The Labute approximate surface area is 144 Å². The van der Waals surface area contributed by atoms with E-state index in [0.29, 0.717) is 22.8 Å². The molecule has 2 fully saturated rings. The van der Waals surface area contributed by atoms with E-state index < -0.39 is 18.3 Å². The van der Waals surface area contributed by atoms with Crippen LogP contribution in [0.5, 0.6) is 5.75 Å². The number of carbonyl (C=O) groups is 1. The maximum absolute atomic E-state index is 13.0. The zero-order valence-electron chi connectivity index (χ0n) is 15.4. The molecule has 1 aliphatic carbocycles. The SMILES string of the molecule is COc1cccc(C(=O)N(C)C2CC2)c1B1OC(C)(C)C(C)(C)O1. The van der Waals surface area contributed by atoms with Gasteiger partial charge in [0.05, 0.1) is 18.3 Å². The van der Waals surface area contributed by atoms with Gasteiger partial charge in [-0.2, -0.15) is 0 Å². The lowest BCUT2D eigenvalue weighted by Crippen LogP contribution is -2.42. The Balaban J connectivity index is 2.01. The maximum atomic E-state index is 13.0. The molecule has 0 atom stereocenters. The fraction of sp³-hybridized carbons (Fsp3) is 0.611. The second kappa shape index (κ2) is 5.78. The molecule has 0 unspecified atom stereocenters. The normalized spacial score (nSPS) is 21.7. The van der Waals surface area contributed by atoms with Crippen LogP contribution >= 0.6 is 0 Å². The molecule has 2 aliphatic rings. The van der Waals surface area contributed by atoms with Crippen molar-refractivity contribution < 1.29 is 18.8 Å². The van der Waals surface area contributed by atoms with Crippen molar-refractivity contribution in [3.05, 3.63) is 23.8 Å². The van der Waals surface area contributed by atoms with E-state index >= 15 is 0 Å². The summed E-state index contributed by atoms with van der Waals surface area (Å²) in [5.74, 6) is 0.602. The lowest BCUT2D eigenvalue weighted by Gasteiger charge is -2.32. The van der Waals surface area contributed by atoms with E-state index in [2.05, 4.69) is 0 Å². The minimum atomic E-state index is -0.627. The molecule has 0 aromatic heterocycles. The second-order valence-electron chi connectivity index (χ2n) is 7.66. The zero-order valence-corrected chi connectivity index (χ0v) is 15.4. The summed E-state index contributed by atoms with van der Waals surface area (Å²) in [5.41, 5.74) is 0.320. The molecule has 1 amide bonds. The van der Waals surface area contributed by atoms with Gasteiger partial charge in [0, 0.05) is 24.1 Å². The lowest BCUT2D eigenvalue weighted by molar-refractivity contribution is 0.00578. The number of ether oxygens (including phenoxy) is 1. The third-order valence-electron chi connectivity index (χ3n) is 5.42. The summed E-state index contributed by atoms with van der Waals surface area (Å²) >= 11 is 0. The van der Waals surface area contributed by atoms with Crippen molar-refractivity contribution in [1.82, 2.24) is 4.90 Å². The average molecular weight is 331 g/mol. The van der Waals surface area contributed by atoms with Crippen molar-refractivity contribution in [2.45, 2.75) is 57.8 Å². The first-order chi connectivity index (χ1) is 11.2. The summed E-state index contributed by atoms with van der Waals surface area (Å²) in [6, 6.07) is 5.84. The fourth-order valence-electron chi connectivity index (χ4n) is 2.93. The van der Waals surface area contributed by atoms with E-state index in [0.717, 1.165) is 12.8 Å². The largest absolute Gasteiger partial charge is 0.499 e. The van der Waals surface area contributed by atoms with Crippen LogP contribution in [0.4, 0.5) is 0 Å². The highest BCUT2D eigenvalue weighted by Crippen LogP contribution is 2.37. The van der Waals surface area contributed by atoms with Crippen LogP contribution in [0.1, 0.15) is 50.9 Å². The molecule has 130 valence electrons. The van der Waals surface area contributed by atoms with Gasteiger partial charge in [-0.3, -0.25) is 4.79 Å². The van der Waals surface area contributed by atoms with E-state index in [9.17, 15) is 4.79 Å². The van der Waals surface area contributed by atoms with Crippen molar-refractivity contribution in [3.8, 4) is 5.75 Å². The highest BCUT2D eigenvalue weighted by Gasteiger charge is 2.53. The van der Waals surface area contributed by atoms with Crippen molar-refractivity contribution in [3.63, 3.8) is 0 Å². The molecule has 24 heavy (non-hydrogen) atoms. The first-order valence-electron chi connectivity index (χ1n) is 8.47. The van der Waals surface area contributed by atoms with Crippen LogP contribution in [0.15, 0.2) is 18.2 Å². The first-order valence-corrected chi connectivity index (χ1v) is 8.47. The highest BCUT2D eigenvalue weighted by molar-refractivity contribution is 6.64. The standard InChI is InChI=1S/C18H26BNO4/c1-17(2)18(3,4)24-19(23-17)15-13(8-7-9-14(15)22-6)16(21)20(5)12-10-11-12/h7-9,12H,10-11H2,1-6H3. The van der Waals surface area contributed by atoms with E-state index in [1.54, 1.807) is 7.11 Å². The van der Waals surface area contributed by atoms with Crippen LogP contribution in [0.2, 0.25) is 0 Å². The number of benzene rings is 1. The summed E-state index contributed by atoms with van der Waals surface area (Å²) < 4.78 is 17.8. The van der Waals surface area contributed by atoms with Gasteiger partial charge in [0.25, 0.3) is 5.91 Å².